The molecule has 8 heteroatoms. The van der Waals surface area contributed by atoms with Crippen LogP contribution in [0, 0.1) is 0 Å². The van der Waals surface area contributed by atoms with E-state index in [0.29, 0.717) is 50.5 Å². The van der Waals surface area contributed by atoms with Crippen molar-refractivity contribution in [2.45, 2.75) is 25.1 Å². The molecule has 2 fully saturated rings. The minimum Gasteiger partial charge on any atom is -0.495 e. The number of anilines is 1. The molecule has 2 aliphatic rings. The molecule has 2 saturated heterocycles. The zero-order chi connectivity index (χ0) is 24.3. The van der Waals surface area contributed by atoms with Crippen LogP contribution in [-0.4, -0.2) is 59.1 Å². The van der Waals surface area contributed by atoms with Crippen LogP contribution in [-0.2, 0) is 17.8 Å². The van der Waals surface area contributed by atoms with E-state index in [4.69, 9.17) is 9.47 Å². The molecule has 2 aromatic carbocycles. The van der Waals surface area contributed by atoms with E-state index >= 15 is 0 Å². The Balaban J connectivity index is 1.26. The number of aromatic nitrogens is 1. The van der Waals surface area contributed by atoms with Gasteiger partial charge in [-0.05, 0) is 35.4 Å². The van der Waals surface area contributed by atoms with Crippen molar-refractivity contribution in [1.29, 1.82) is 0 Å². The molecule has 0 radical (unpaired) electrons. The summed E-state index contributed by atoms with van der Waals surface area (Å²) in [7, 11) is 1.60. The predicted octanol–water partition coefficient (Wildman–Crippen LogP) is 3.94. The first kappa shape index (κ1) is 22.7. The number of nitrogens with one attached hydrogen (secondary N) is 1. The number of rotatable bonds is 7. The maximum atomic E-state index is 13.4. The number of hydrogen-bond acceptors (Lipinski definition) is 6. The van der Waals surface area contributed by atoms with Crippen LogP contribution < -0.4 is 10.1 Å². The molecule has 2 amide bonds. The molecular formula is C27H28N4O4. The Morgan fingerprint density at radius 2 is 1.94 bits per heavy atom. The molecule has 0 unspecified atom stereocenters. The molecule has 0 aliphatic carbocycles. The molecule has 180 valence electrons. The summed E-state index contributed by atoms with van der Waals surface area (Å²) in [6.07, 6.45) is 3.82. The highest BCUT2D eigenvalue weighted by Gasteiger charge is 2.50. The van der Waals surface area contributed by atoms with Crippen molar-refractivity contribution in [1.82, 2.24) is 14.8 Å². The van der Waals surface area contributed by atoms with Crippen LogP contribution in [0.3, 0.4) is 0 Å². The van der Waals surface area contributed by atoms with Crippen molar-refractivity contribution in [2.75, 3.05) is 32.1 Å². The largest absolute Gasteiger partial charge is 0.495 e. The van der Waals surface area contributed by atoms with Crippen LogP contribution in [0.2, 0.25) is 0 Å². The summed E-state index contributed by atoms with van der Waals surface area (Å²) in [5, 5.41) is 3.34. The lowest BCUT2D eigenvalue weighted by atomic mass is 10.0. The lowest BCUT2D eigenvalue weighted by Gasteiger charge is -2.22. The van der Waals surface area contributed by atoms with Crippen LogP contribution in [0.1, 0.15) is 27.9 Å². The van der Waals surface area contributed by atoms with Crippen molar-refractivity contribution < 1.29 is 19.1 Å². The predicted molar refractivity (Wildman–Crippen MR) is 131 cm³/mol. The van der Waals surface area contributed by atoms with E-state index in [-0.39, 0.29) is 12.0 Å². The minimum atomic E-state index is -0.657. The Morgan fingerprint density at radius 3 is 2.71 bits per heavy atom. The van der Waals surface area contributed by atoms with Crippen LogP contribution >= 0.6 is 0 Å². The van der Waals surface area contributed by atoms with Gasteiger partial charge in [-0.2, -0.15) is 0 Å². The van der Waals surface area contributed by atoms with Gasteiger partial charge in [-0.15, -0.1) is 0 Å². The molecule has 1 atom stereocenters. The standard InChI is InChI=1S/C27H28N4O4/c1-34-24-10-9-22(14-23(24)29-16-21-8-5-12-28-15-21)25(32)30-13-11-27(18-30)19-31(26(33)35-27)17-20-6-3-2-4-7-20/h2-10,12,14-15,29H,11,13,16-19H2,1H3/t27-/m0/s1. The van der Waals surface area contributed by atoms with E-state index in [1.807, 2.05) is 48.5 Å². The second-order valence-corrected chi connectivity index (χ2v) is 9.00. The number of hydrogen-bond donors (Lipinski definition) is 1. The Morgan fingerprint density at radius 1 is 1.11 bits per heavy atom. The Kier molecular flexibility index (Phi) is 6.27. The molecule has 3 aromatic rings. The molecule has 5 rings (SSSR count). The molecule has 35 heavy (non-hydrogen) atoms. The highest BCUT2D eigenvalue weighted by Crippen LogP contribution is 2.34. The number of nitrogens with zero attached hydrogens (tertiary/aromatic N) is 3. The summed E-state index contributed by atoms with van der Waals surface area (Å²) in [4.78, 5) is 33.5. The van der Waals surface area contributed by atoms with Crippen molar-refractivity contribution in [2.24, 2.45) is 0 Å². The van der Waals surface area contributed by atoms with Crippen molar-refractivity contribution in [3.8, 4) is 5.75 Å². The number of ether oxygens (including phenoxy) is 2. The number of amides is 2. The molecule has 8 nitrogen and oxygen atoms in total. The number of carbonyl (C=O) groups excluding carboxylic acids is 2. The molecule has 1 aromatic heterocycles. The zero-order valence-corrected chi connectivity index (χ0v) is 19.6. The van der Waals surface area contributed by atoms with E-state index in [1.165, 1.54) is 0 Å². The fourth-order valence-corrected chi connectivity index (χ4v) is 4.71. The number of carbonyl (C=O) groups is 2. The summed E-state index contributed by atoms with van der Waals surface area (Å²) < 4.78 is 11.3. The van der Waals surface area contributed by atoms with Gasteiger partial charge in [0.1, 0.15) is 5.75 Å². The summed E-state index contributed by atoms with van der Waals surface area (Å²) in [6, 6.07) is 19.1. The Hall–Kier alpha value is -4.07. The first-order chi connectivity index (χ1) is 17.0. The molecular weight excluding hydrogens is 444 g/mol. The third-order valence-electron chi connectivity index (χ3n) is 6.51. The smallest absolute Gasteiger partial charge is 0.410 e. The van der Waals surface area contributed by atoms with Gasteiger partial charge >= 0.3 is 6.09 Å². The fraction of sp³-hybridized carbons (Fsp3) is 0.296. The molecule has 0 saturated carbocycles. The van der Waals surface area contributed by atoms with Crippen molar-refractivity contribution in [3.05, 3.63) is 89.7 Å². The molecule has 3 heterocycles. The highest BCUT2D eigenvalue weighted by atomic mass is 16.6. The summed E-state index contributed by atoms with van der Waals surface area (Å²) >= 11 is 0. The van der Waals surface area contributed by atoms with Crippen LogP contribution in [0.4, 0.5) is 10.5 Å². The van der Waals surface area contributed by atoms with Gasteiger partial charge in [0.25, 0.3) is 5.91 Å². The van der Waals surface area contributed by atoms with Crippen molar-refractivity contribution in [3.63, 3.8) is 0 Å². The Labute approximate surface area is 204 Å². The summed E-state index contributed by atoms with van der Waals surface area (Å²) in [5.41, 5.74) is 2.71. The van der Waals surface area contributed by atoms with Gasteiger partial charge in [0, 0.05) is 44.0 Å². The summed E-state index contributed by atoms with van der Waals surface area (Å²) in [5.74, 6) is 0.566. The molecule has 2 aliphatic heterocycles. The van der Waals surface area contributed by atoms with E-state index in [0.717, 1.165) is 16.8 Å². The average molecular weight is 473 g/mol. The van der Waals surface area contributed by atoms with Gasteiger partial charge in [-0.1, -0.05) is 36.4 Å². The molecule has 0 bridgehead atoms. The highest BCUT2D eigenvalue weighted by molar-refractivity contribution is 5.96. The third kappa shape index (κ3) is 4.91. The second kappa shape index (κ2) is 9.66. The van der Waals surface area contributed by atoms with Crippen LogP contribution in [0.5, 0.6) is 5.75 Å². The minimum absolute atomic E-state index is 0.0912. The monoisotopic (exact) mass is 472 g/mol. The van der Waals surface area contributed by atoms with Gasteiger partial charge in [-0.25, -0.2) is 4.79 Å². The molecule has 1 N–H and O–H groups in total. The lowest BCUT2D eigenvalue weighted by molar-refractivity contribution is 0.0553. The van der Waals surface area contributed by atoms with Gasteiger partial charge in [-0.3, -0.25) is 14.7 Å². The second-order valence-electron chi connectivity index (χ2n) is 9.00. The van der Waals surface area contributed by atoms with Gasteiger partial charge in [0.15, 0.2) is 5.60 Å². The lowest BCUT2D eigenvalue weighted by Crippen LogP contribution is -2.39. The average Bonchev–Trinajstić information content (AvgIpc) is 3.44. The van der Waals surface area contributed by atoms with Crippen LogP contribution in [0.25, 0.3) is 0 Å². The van der Waals surface area contributed by atoms with Crippen molar-refractivity contribution >= 4 is 17.7 Å². The zero-order valence-electron chi connectivity index (χ0n) is 19.6. The van der Waals surface area contributed by atoms with E-state index in [1.54, 1.807) is 41.4 Å². The van der Waals surface area contributed by atoms with E-state index < -0.39 is 5.60 Å². The maximum Gasteiger partial charge on any atom is 0.410 e. The topological polar surface area (TPSA) is 84.0 Å². The Bertz CT molecular complexity index is 1200. The first-order valence-electron chi connectivity index (χ1n) is 11.7. The number of benzene rings is 2. The quantitative estimate of drug-likeness (QED) is 0.561. The molecule has 1 spiro atoms. The fourth-order valence-electron chi connectivity index (χ4n) is 4.71. The maximum absolute atomic E-state index is 13.4. The van der Waals surface area contributed by atoms with Gasteiger partial charge < -0.3 is 19.7 Å². The number of likely N-dealkylation sites (tertiary alicyclic amines) is 1. The number of methoxy groups -OCH3 is 1. The summed E-state index contributed by atoms with van der Waals surface area (Å²) in [6.45, 7) is 2.45. The third-order valence-corrected chi connectivity index (χ3v) is 6.51. The van der Waals surface area contributed by atoms with Gasteiger partial charge in [0.05, 0.1) is 25.9 Å². The van der Waals surface area contributed by atoms with E-state index in [9.17, 15) is 9.59 Å². The van der Waals surface area contributed by atoms with Gasteiger partial charge in [0.2, 0.25) is 0 Å². The normalized spacial score (nSPS) is 19.2. The SMILES string of the molecule is COc1ccc(C(=O)N2CC[C@@]3(CN(Cc4ccccc4)C(=O)O3)C2)cc1NCc1cccnc1. The first-order valence-corrected chi connectivity index (χ1v) is 11.7. The number of pyridine rings is 1. The van der Waals surface area contributed by atoms with E-state index in [2.05, 4.69) is 10.3 Å². The van der Waals surface area contributed by atoms with Crippen LogP contribution in [0.15, 0.2) is 73.1 Å².